The van der Waals surface area contributed by atoms with Crippen LogP contribution in [0.4, 0.5) is 11.4 Å². The Bertz CT molecular complexity index is 734. The molecule has 114 valence electrons. The van der Waals surface area contributed by atoms with Crippen molar-refractivity contribution in [3.63, 3.8) is 0 Å². The van der Waals surface area contributed by atoms with Crippen LogP contribution in [0.3, 0.4) is 0 Å². The Labute approximate surface area is 128 Å². The van der Waals surface area contributed by atoms with Crippen molar-refractivity contribution in [2.75, 3.05) is 23.3 Å². The van der Waals surface area contributed by atoms with Gasteiger partial charge in [-0.05, 0) is 25.0 Å². The fourth-order valence-corrected chi connectivity index (χ4v) is 2.69. The van der Waals surface area contributed by atoms with Gasteiger partial charge in [0.05, 0.1) is 17.6 Å². The van der Waals surface area contributed by atoms with Gasteiger partial charge in [-0.15, -0.1) is 0 Å². The third-order valence-electron chi connectivity index (χ3n) is 3.71. The molecule has 6 nitrogen and oxygen atoms in total. The van der Waals surface area contributed by atoms with E-state index >= 15 is 0 Å². The maximum absolute atomic E-state index is 12.7. The Balaban J connectivity index is 2.12. The number of hydrogen-bond donors (Lipinski definition) is 1. The second-order valence-electron chi connectivity index (χ2n) is 5.33. The fourth-order valence-electron chi connectivity index (χ4n) is 2.69. The second-order valence-corrected chi connectivity index (χ2v) is 5.33. The van der Waals surface area contributed by atoms with E-state index in [2.05, 4.69) is 15.3 Å². The summed E-state index contributed by atoms with van der Waals surface area (Å²) in [6.45, 7) is 3.16. The van der Waals surface area contributed by atoms with Crippen molar-refractivity contribution in [1.29, 1.82) is 0 Å². The molecule has 0 saturated carbocycles. The molecule has 1 aliphatic heterocycles. The highest BCUT2D eigenvalue weighted by molar-refractivity contribution is 5.92. The average Bonchev–Trinajstić information content (AvgIpc) is 3.04. The van der Waals surface area contributed by atoms with Gasteiger partial charge < -0.3 is 10.2 Å². The zero-order valence-electron chi connectivity index (χ0n) is 12.5. The number of amides is 1. The van der Waals surface area contributed by atoms with Gasteiger partial charge >= 0.3 is 0 Å². The van der Waals surface area contributed by atoms with Crippen molar-refractivity contribution in [3.8, 4) is 5.69 Å². The molecule has 0 radical (unpaired) electrons. The van der Waals surface area contributed by atoms with Gasteiger partial charge in [0.2, 0.25) is 5.91 Å². The van der Waals surface area contributed by atoms with E-state index in [0.717, 1.165) is 25.9 Å². The molecule has 1 N–H and O–H groups in total. The summed E-state index contributed by atoms with van der Waals surface area (Å²) >= 11 is 0. The molecule has 6 heteroatoms. The topological polar surface area (TPSA) is 67.2 Å². The third kappa shape index (κ3) is 2.72. The lowest BCUT2D eigenvalue weighted by molar-refractivity contribution is -0.114. The van der Waals surface area contributed by atoms with Gasteiger partial charge in [-0.1, -0.05) is 18.2 Å². The SMILES string of the molecule is CC(=O)Nc1c(N2CCCC2)cnn(-c2ccccc2)c1=O. The minimum atomic E-state index is -0.314. The van der Waals surface area contributed by atoms with E-state index in [9.17, 15) is 9.59 Å². The first-order valence-corrected chi connectivity index (χ1v) is 7.37. The number of nitrogens with zero attached hydrogens (tertiary/aromatic N) is 3. The van der Waals surface area contributed by atoms with Crippen LogP contribution in [-0.4, -0.2) is 28.8 Å². The number of anilines is 2. The predicted molar refractivity (Wildman–Crippen MR) is 85.6 cm³/mol. The van der Waals surface area contributed by atoms with Crippen LogP contribution in [0.1, 0.15) is 19.8 Å². The Hall–Kier alpha value is -2.63. The van der Waals surface area contributed by atoms with Gasteiger partial charge in [0.1, 0.15) is 5.69 Å². The normalized spacial score (nSPS) is 14.1. The number of para-hydroxylation sites is 1. The summed E-state index contributed by atoms with van der Waals surface area (Å²) in [6, 6.07) is 9.18. The molecule has 0 aliphatic carbocycles. The molecule has 2 aromatic rings. The Kier molecular flexibility index (Phi) is 3.91. The first-order chi connectivity index (χ1) is 10.7. The molecule has 0 bridgehead atoms. The summed E-state index contributed by atoms with van der Waals surface area (Å²) in [5.41, 5.74) is 1.36. The zero-order valence-corrected chi connectivity index (χ0v) is 12.5. The van der Waals surface area contributed by atoms with E-state index in [4.69, 9.17) is 0 Å². The largest absolute Gasteiger partial charge is 0.368 e. The fraction of sp³-hybridized carbons (Fsp3) is 0.312. The molecule has 1 saturated heterocycles. The van der Waals surface area contributed by atoms with Crippen LogP contribution in [0.2, 0.25) is 0 Å². The Morgan fingerprint density at radius 1 is 1.18 bits per heavy atom. The number of nitrogens with one attached hydrogen (secondary N) is 1. The summed E-state index contributed by atoms with van der Waals surface area (Å²) in [7, 11) is 0. The Morgan fingerprint density at radius 2 is 1.86 bits per heavy atom. The maximum atomic E-state index is 12.7. The molecule has 1 amide bonds. The van der Waals surface area contributed by atoms with E-state index in [1.165, 1.54) is 11.6 Å². The van der Waals surface area contributed by atoms with Gasteiger partial charge in [0.15, 0.2) is 0 Å². The van der Waals surface area contributed by atoms with Crippen molar-refractivity contribution in [3.05, 3.63) is 46.9 Å². The molecule has 0 atom stereocenters. The second kappa shape index (κ2) is 6.01. The molecule has 2 heterocycles. The number of hydrogen-bond acceptors (Lipinski definition) is 4. The van der Waals surface area contributed by atoms with Crippen LogP contribution in [0.25, 0.3) is 5.69 Å². The number of aromatic nitrogens is 2. The van der Waals surface area contributed by atoms with Crippen molar-refractivity contribution < 1.29 is 4.79 Å². The average molecular weight is 298 g/mol. The summed E-state index contributed by atoms with van der Waals surface area (Å²) in [4.78, 5) is 26.3. The highest BCUT2D eigenvalue weighted by atomic mass is 16.2. The molecule has 22 heavy (non-hydrogen) atoms. The van der Waals surface area contributed by atoms with E-state index in [1.54, 1.807) is 6.20 Å². The molecule has 0 unspecified atom stereocenters. The van der Waals surface area contributed by atoms with E-state index in [0.29, 0.717) is 17.1 Å². The lowest BCUT2D eigenvalue weighted by Gasteiger charge is -2.21. The standard InChI is InChI=1S/C16H18N4O2/c1-12(21)18-15-14(19-9-5-6-10-19)11-17-20(16(15)22)13-7-3-2-4-8-13/h2-4,7-8,11H,5-6,9-10H2,1H3,(H,18,21). The third-order valence-corrected chi connectivity index (χ3v) is 3.71. The monoisotopic (exact) mass is 298 g/mol. The highest BCUT2D eigenvalue weighted by Gasteiger charge is 2.21. The molecule has 3 rings (SSSR count). The number of rotatable bonds is 3. The van der Waals surface area contributed by atoms with Crippen molar-refractivity contribution in [1.82, 2.24) is 9.78 Å². The maximum Gasteiger partial charge on any atom is 0.297 e. The van der Waals surface area contributed by atoms with Gasteiger partial charge in [0.25, 0.3) is 5.56 Å². The van der Waals surface area contributed by atoms with Crippen molar-refractivity contribution in [2.24, 2.45) is 0 Å². The van der Waals surface area contributed by atoms with E-state index in [-0.39, 0.29) is 11.5 Å². The van der Waals surface area contributed by atoms with Gasteiger partial charge in [-0.25, -0.2) is 0 Å². The minimum Gasteiger partial charge on any atom is -0.368 e. The lowest BCUT2D eigenvalue weighted by atomic mass is 10.3. The number of carbonyl (C=O) groups is 1. The van der Waals surface area contributed by atoms with Gasteiger partial charge in [0, 0.05) is 20.0 Å². The first-order valence-electron chi connectivity index (χ1n) is 7.37. The van der Waals surface area contributed by atoms with E-state index in [1.807, 2.05) is 30.3 Å². The lowest BCUT2D eigenvalue weighted by Crippen LogP contribution is -2.30. The Morgan fingerprint density at radius 3 is 2.50 bits per heavy atom. The first kappa shape index (κ1) is 14.3. The van der Waals surface area contributed by atoms with Crippen LogP contribution in [0.15, 0.2) is 41.3 Å². The number of carbonyl (C=O) groups excluding carboxylic acids is 1. The molecule has 1 aromatic carbocycles. The molecule has 1 fully saturated rings. The molecule has 1 aromatic heterocycles. The quantitative estimate of drug-likeness (QED) is 0.938. The van der Waals surface area contributed by atoms with Gasteiger partial charge in [-0.3, -0.25) is 9.59 Å². The zero-order chi connectivity index (χ0) is 15.5. The minimum absolute atomic E-state index is 0.261. The molecule has 1 aliphatic rings. The van der Waals surface area contributed by atoms with Crippen LogP contribution < -0.4 is 15.8 Å². The smallest absolute Gasteiger partial charge is 0.297 e. The van der Waals surface area contributed by atoms with Crippen LogP contribution in [0.5, 0.6) is 0 Å². The van der Waals surface area contributed by atoms with Crippen LogP contribution in [0, 0.1) is 0 Å². The van der Waals surface area contributed by atoms with Crippen LogP contribution >= 0.6 is 0 Å². The van der Waals surface area contributed by atoms with Crippen molar-refractivity contribution >= 4 is 17.3 Å². The highest BCUT2D eigenvalue weighted by Crippen LogP contribution is 2.25. The summed E-state index contributed by atoms with van der Waals surface area (Å²) in [5.74, 6) is -0.261. The molecular formula is C16H18N4O2. The number of benzene rings is 1. The summed E-state index contributed by atoms with van der Waals surface area (Å²) < 4.78 is 1.31. The van der Waals surface area contributed by atoms with Crippen molar-refractivity contribution in [2.45, 2.75) is 19.8 Å². The molecule has 0 spiro atoms. The predicted octanol–water partition coefficient (Wildman–Crippen LogP) is 1.79. The molecular weight excluding hydrogens is 280 g/mol. The van der Waals surface area contributed by atoms with Crippen LogP contribution in [-0.2, 0) is 4.79 Å². The summed E-state index contributed by atoms with van der Waals surface area (Å²) in [5, 5.41) is 6.95. The van der Waals surface area contributed by atoms with E-state index < -0.39 is 0 Å². The summed E-state index contributed by atoms with van der Waals surface area (Å²) in [6.07, 6.45) is 3.83. The van der Waals surface area contributed by atoms with Gasteiger partial charge in [-0.2, -0.15) is 9.78 Å².